The first-order chi connectivity index (χ1) is 10.2. The Morgan fingerprint density at radius 1 is 1.29 bits per heavy atom. The maximum Gasteiger partial charge on any atom is 0.119 e. The highest BCUT2D eigenvalue weighted by atomic mass is 16.5. The quantitative estimate of drug-likeness (QED) is 0.866. The van der Waals surface area contributed by atoms with Crippen LogP contribution in [0, 0.1) is 0 Å². The van der Waals surface area contributed by atoms with E-state index >= 15 is 0 Å². The average Bonchev–Trinajstić information content (AvgIpc) is 2.56. The summed E-state index contributed by atoms with van der Waals surface area (Å²) in [6, 6.07) is 8.79. The summed E-state index contributed by atoms with van der Waals surface area (Å²) in [6.07, 6.45) is 5.16. The van der Waals surface area contributed by atoms with Crippen molar-refractivity contribution in [3.63, 3.8) is 0 Å². The van der Waals surface area contributed by atoms with Crippen molar-refractivity contribution < 1.29 is 4.74 Å². The van der Waals surface area contributed by atoms with Crippen LogP contribution in [0.1, 0.15) is 51.1 Å². The molecule has 21 heavy (non-hydrogen) atoms. The highest BCUT2D eigenvalue weighted by Crippen LogP contribution is 2.36. The van der Waals surface area contributed by atoms with Gasteiger partial charge < -0.3 is 10.1 Å². The van der Waals surface area contributed by atoms with Crippen molar-refractivity contribution in [1.82, 2.24) is 10.2 Å². The van der Waals surface area contributed by atoms with Crippen molar-refractivity contribution >= 4 is 0 Å². The van der Waals surface area contributed by atoms with Gasteiger partial charge in [-0.2, -0.15) is 0 Å². The van der Waals surface area contributed by atoms with E-state index in [1.54, 1.807) is 7.11 Å². The van der Waals surface area contributed by atoms with E-state index in [2.05, 4.69) is 49.3 Å². The largest absolute Gasteiger partial charge is 0.497 e. The Kier molecular flexibility index (Phi) is 5.65. The molecule has 0 amide bonds. The molecule has 2 unspecified atom stereocenters. The van der Waals surface area contributed by atoms with Crippen LogP contribution in [0.5, 0.6) is 5.75 Å². The number of nitrogens with zero attached hydrogens (tertiary/aromatic N) is 1. The molecule has 1 heterocycles. The summed E-state index contributed by atoms with van der Waals surface area (Å²) >= 11 is 0. The van der Waals surface area contributed by atoms with Crippen LogP contribution in [0.15, 0.2) is 24.3 Å². The number of rotatable bonds is 6. The van der Waals surface area contributed by atoms with Crippen LogP contribution in [0.3, 0.4) is 0 Å². The second kappa shape index (κ2) is 7.28. The van der Waals surface area contributed by atoms with Gasteiger partial charge in [0.05, 0.1) is 13.2 Å². The third-order valence-electron chi connectivity index (χ3n) is 5.13. The molecule has 1 aromatic rings. The van der Waals surface area contributed by atoms with Crippen LogP contribution >= 0.6 is 0 Å². The smallest absolute Gasteiger partial charge is 0.119 e. The van der Waals surface area contributed by atoms with Crippen molar-refractivity contribution in [3.8, 4) is 5.75 Å². The minimum Gasteiger partial charge on any atom is -0.497 e. The van der Waals surface area contributed by atoms with Crippen LogP contribution in [0.25, 0.3) is 0 Å². The number of methoxy groups -OCH3 is 1. The number of nitrogens with one attached hydrogen (secondary N) is 1. The predicted molar refractivity (Wildman–Crippen MR) is 88.9 cm³/mol. The Bertz CT molecular complexity index is 443. The maximum atomic E-state index is 5.40. The number of likely N-dealkylation sites (N-methyl/N-ethyl adjacent to an activating group) is 1. The molecule has 1 N–H and O–H groups in total. The van der Waals surface area contributed by atoms with E-state index in [4.69, 9.17) is 4.74 Å². The molecule has 1 aliphatic heterocycles. The molecule has 1 saturated heterocycles. The summed E-state index contributed by atoms with van der Waals surface area (Å²) in [6.45, 7) is 7.14. The normalized spacial score (nSPS) is 20.8. The van der Waals surface area contributed by atoms with Gasteiger partial charge in [0.2, 0.25) is 0 Å². The number of benzene rings is 1. The fourth-order valence-corrected chi connectivity index (χ4v) is 3.67. The van der Waals surface area contributed by atoms with Crippen molar-refractivity contribution in [1.29, 1.82) is 0 Å². The minimum atomic E-state index is 0.140. The van der Waals surface area contributed by atoms with Gasteiger partial charge >= 0.3 is 0 Å². The molecule has 0 radical (unpaired) electrons. The monoisotopic (exact) mass is 290 g/mol. The third kappa shape index (κ3) is 3.41. The van der Waals surface area contributed by atoms with Crippen LogP contribution < -0.4 is 10.1 Å². The van der Waals surface area contributed by atoms with Gasteiger partial charge in [0.25, 0.3) is 0 Å². The predicted octanol–water partition coefficient (Wildman–Crippen LogP) is 3.61. The fourth-order valence-electron chi connectivity index (χ4n) is 3.67. The lowest BCUT2D eigenvalue weighted by Crippen LogP contribution is -2.55. The number of likely N-dealkylation sites (tertiary alicyclic amines) is 1. The molecule has 0 aliphatic carbocycles. The zero-order valence-electron chi connectivity index (χ0n) is 14.0. The number of ether oxygens (including phenoxy) is 1. The molecule has 0 saturated carbocycles. The first-order valence-electron chi connectivity index (χ1n) is 8.22. The van der Waals surface area contributed by atoms with Gasteiger partial charge in [0.15, 0.2) is 0 Å². The van der Waals surface area contributed by atoms with E-state index in [1.165, 1.54) is 37.9 Å². The topological polar surface area (TPSA) is 24.5 Å². The van der Waals surface area contributed by atoms with Gasteiger partial charge in [-0.25, -0.2) is 0 Å². The molecule has 3 nitrogen and oxygen atoms in total. The highest BCUT2D eigenvalue weighted by Gasteiger charge is 2.38. The molecule has 0 aromatic heterocycles. The summed E-state index contributed by atoms with van der Waals surface area (Å²) in [5.41, 5.74) is 1.45. The van der Waals surface area contributed by atoms with E-state index in [9.17, 15) is 0 Å². The molecule has 0 spiro atoms. The first kappa shape index (κ1) is 16.3. The molecule has 1 aliphatic rings. The second-order valence-electron chi connectivity index (χ2n) is 6.26. The molecule has 2 atom stereocenters. The van der Waals surface area contributed by atoms with E-state index < -0.39 is 0 Å². The number of piperidine rings is 1. The van der Waals surface area contributed by atoms with E-state index in [0.717, 1.165) is 12.2 Å². The molecule has 0 bridgehead atoms. The summed E-state index contributed by atoms with van der Waals surface area (Å²) in [5, 5.41) is 3.56. The zero-order chi connectivity index (χ0) is 15.3. The first-order valence-corrected chi connectivity index (χ1v) is 8.22. The lowest BCUT2D eigenvalue weighted by molar-refractivity contribution is 0.0447. The molecule has 2 rings (SSSR count). The Balaban J connectivity index is 2.31. The van der Waals surface area contributed by atoms with Gasteiger partial charge in [-0.3, -0.25) is 4.90 Å². The fraction of sp³-hybridized carbons (Fsp3) is 0.667. The molecular weight excluding hydrogens is 260 g/mol. The van der Waals surface area contributed by atoms with Crippen LogP contribution in [-0.4, -0.2) is 37.7 Å². The summed E-state index contributed by atoms with van der Waals surface area (Å²) in [7, 11) is 3.80. The summed E-state index contributed by atoms with van der Waals surface area (Å²) in [4.78, 5) is 2.68. The van der Waals surface area contributed by atoms with Gasteiger partial charge in [-0.1, -0.05) is 25.5 Å². The lowest BCUT2D eigenvalue weighted by atomic mass is 9.81. The average molecular weight is 290 g/mol. The van der Waals surface area contributed by atoms with Crippen LogP contribution in [-0.2, 0) is 0 Å². The SMILES string of the molecule is CCC(C)(C(NC)c1cccc(OC)c1)N1CCCCC1. The summed E-state index contributed by atoms with van der Waals surface area (Å²) in [5.74, 6) is 0.935. The Hall–Kier alpha value is -1.06. The van der Waals surface area contributed by atoms with Crippen molar-refractivity contribution in [2.75, 3.05) is 27.2 Å². The van der Waals surface area contributed by atoms with Gasteiger partial charge in [-0.05, 0) is 64.0 Å². The number of hydrogen-bond donors (Lipinski definition) is 1. The molecule has 3 heteroatoms. The minimum absolute atomic E-state index is 0.140. The Morgan fingerprint density at radius 2 is 2.00 bits per heavy atom. The lowest BCUT2D eigenvalue weighted by Gasteiger charge is -2.48. The standard InChI is InChI=1S/C18H30N2O/c1-5-18(2,20-12-7-6-8-13-20)17(19-3)15-10-9-11-16(14-15)21-4/h9-11,14,17,19H,5-8,12-13H2,1-4H3. The molecule has 1 fully saturated rings. The zero-order valence-corrected chi connectivity index (χ0v) is 14.0. The van der Waals surface area contributed by atoms with Gasteiger partial charge in [0, 0.05) is 5.54 Å². The van der Waals surface area contributed by atoms with Gasteiger partial charge in [0.1, 0.15) is 5.75 Å². The third-order valence-corrected chi connectivity index (χ3v) is 5.13. The van der Waals surface area contributed by atoms with E-state index in [1.807, 2.05) is 6.07 Å². The van der Waals surface area contributed by atoms with E-state index in [0.29, 0.717) is 6.04 Å². The van der Waals surface area contributed by atoms with Gasteiger partial charge in [-0.15, -0.1) is 0 Å². The summed E-state index contributed by atoms with van der Waals surface area (Å²) < 4.78 is 5.40. The number of hydrogen-bond acceptors (Lipinski definition) is 3. The van der Waals surface area contributed by atoms with Crippen molar-refractivity contribution in [3.05, 3.63) is 29.8 Å². The van der Waals surface area contributed by atoms with Crippen LogP contribution in [0.2, 0.25) is 0 Å². The molecule has 1 aromatic carbocycles. The van der Waals surface area contributed by atoms with Crippen molar-refractivity contribution in [2.45, 2.75) is 51.1 Å². The highest BCUT2D eigenvalue weighted by molar-refractivity contribution is 5.32. The van der Waals surface area contributed by atoms with Crippen LogP contribution in [0.4, 0.5) is 0 Å². The Labute approximate surface area is 129 Å². The molecular formula is C18H30N2O. The maximum absolute atomic E-state index is 5.40. The van der Waals surface area contributed by atoms with E-state index in [-0.39, 0.29) is 5.54 Å². The second-order valence-corrected chi connectivity index (χ2v) is 6.26. The Morgan fingerprint density at radius 3 is 2.57 bits per heavy atom. The molecule has 118 valence electrons. The van der Waals surface area contributed by atoms with Crippen molar-refractivity contribution in [2.24, 2.45) is 0 Å².